The van der Waals surface area contributed by atoms with Crippen LogP contribution in [0.1, 0.15) is 12.0 Å². The summed E-state index contributed by atoms with van der Waals surface area (Å²) in [6.07, 6.45) is 4.19. The Kier molecular flexibility index (Phi) is 7.29. The van der Waals surface area contributed by atoms with Gasteiger partial charge < -0.3 is 19.5 Å². The van der Waals surface area contributed by atoms with E-state index in [1.165, 1.54) is 0 Å². The van der Waals surface area contributed by atoms with Crippen LogP contribution in [0.3, 0.4) is 0 Å². The number of carbonyl (C=O) groups is 1. The van der Waals surface area contributed by atoms with Crippen molar-refractivity contribution in [2.75, 3.05) is 19.5 Å². The van der Waals surface area contributed by atoms with Gasteiger partial charge in [-0.1, -0.05) is 42.1 Å². The Labute approximate surface area is 192 Å². The number of hydrogen-bond acceptors (Lipinski definition) is 6. The Balaban J connectivity index is 1.44. The van der Waals surface area contributed by atoms with E-state index in [-0.39, 0.29) is 11.3 Å². The number of amides is 1. The lowest BCUT2D eigenvalue weighted by Gasteiger charge is -2.30. The second-order valence-corrected chi connectivity index (χ2v) is 8.52. The molecule has 1 fully saturated rings. The molecule has 4 rings (SSSR count). The highest BCUT2D eigenvalue weighted by Gasteiger charge is 2.36. The van der Waals surface area contributed by atoms with Gasteiger partial charge >= 0.3 is 0 Å². The molecule has 1 amide bonds. The lowest BCUT2D eigenvalue weighted by molar-refractivity contribution is 0.0219. The molecule has 6 nitrogen and oxygen atoms in total. The third kappa shape index (κ3) is 5.23. The number of rotatable bonds is 9. The van der Waals surface area contributed by atoms with Crippen molar-refractivity contribution in [3.05, 3.63) is 78.6 Å². The standard InChI is InChI=1S/C25H26N2O4S/c1-30-23-5-3-2-4-22(23)19-7-10-21(11-8-19)31-16-20(27-24(28)17-32-25(27)29)9-6-18-12-14-26-15-13-18/h2-5,7-8,10-15,20,24,28H,6,9,16-17H2,1H3. The largest absolute Gasteiger partial charge is 0.496 e. The van der Waals surface area contributed by atoms with Crippen LogP contribution in [-0.2, 0) is 6.42 Å². The number of nitrogens with zero attached hydrogens (tertiary/aromatic N) is 2. The van der Waals surface area contributed by atoms with Crippen LogP contribution < -0.4 is 9.47 Å². The molecule has 1 aliphatic rings. The fraction of sp³-hybridized carbons (Fsp3) is 0.280. The molecule has 1 saturated heterocycles. The van der Waals surface area contributed by atoms with Crippen molar-refractivity contribution in [2.45, 2.75) is 25.1 Å². The van der Waals surface area contributed by atoms with E-state index in [4.69, 9.17) is 9.47 Å². The molecule has 1 aromatic heterocycles. The van der Waals surface area contributed by atoms with Gasteiger partial charge in [0.05, 0.1) is 13.2 Å². The molecule has 7 heteroatoms. The number of aryl methyl sites for hydroxylation is 1. The number of aliphatic hydroxyl groups is 1. The monoisotopic (exact) mass is 450 g/mol. The summed E-state index contributed by atoms with van der Waals surface area (Å²) in [5.41, 5.74) is 3.19. The molecule has 0 radical (unpaired) electrons. The minimum absolute atomic E-state index is 0.104. The summed E-state index contributed by atoms with van der Waals surface area (Å²) < 4.78 is 11.5. The number of carbonyl (C=O) groups excluding carboxylic acids is 1. The van der Waals surface area contributed by atoms with Crippen LogP contribution in [0.15, 0.2) is 73.1 Å². The normalized spacial score (nSPS) is 16.8. The molecule has 32 heavy (non-hydrogen) atoms. The number of pyridine rings is 1. The number of aromatic nitrogens is 1. The van der Waals surface area contributed by atoms with Crippen LogP contribution in [0.2, 0.25) is 0 Å². The topological polar surface area (TPSA) is 71.9 Å². The number of methoxy groups -OCH3 is 1. The van der Waals surface area contributed by atoms with Gasteiger partial charge in [0.2, 0.25) is 0 Å². The molecule has 1 N–H and O–H groups in total. The van der Waals surface area contributed by atoms with E-state index in [9.17, 15) is 9.90 Å². The fourth-order valence-electron chi connectivity index (χ4n) is 3.81. The Morgan fingerprint density at radius 2 is 1.88 bits per heavy atom. The molecule has 2 heterocycles. The average molecular weight is 451 g/mol. The molecular weight excluding hydrogens is 424 g/mol. The summed E-state index contributed by atoms with van der Waals surface area (Å²) in [6.45, 7) is 0.308. The summed E-state index contributed by atoms with van der Waals surface area (Å²) >= 11 is 1.15. The number of aliphatic hydroxyl groups excluding tert-OH is 1. The highest BCUT2D eigenvalue weighted by atomic mass is 32.2. The van der Waals surface area contributed by atoms with E-state index >= 15 is 0 Å². The first-order chi connectivity index (χ1) is 15.7. The van der Waals surface area contributed by atoms with E-state index in [0.717, 1.165) is 40.6 Å². The summed E-state index contributed by atoms with van der Waals surface area (Å²) in [5.74, 6) is 1.92. The summed E-state index contributed by atoms with van der Waals surface area (Å²) in [6, 6.07) is 19.4. The van der Waals surface area contributed by atoms with Crippen LogP contribution in [0.25, 0.3) is 11.1 Å². The quantitative estimate of drug-likeness (QED) is 0.513. The molecular formula is C25H26N2O4S. The lowest BCUT2D eigenvalue weighted by atomic mass is 10.0. The van der Waals surface area contributed by atoms with Gasteiger partial charge in [-0.2, -0.15) is 0 Å². The average Bonchev–Trinajstić information content (AvgIpc) is 3.18. The van der Waals surface area contributed by atoms with Gasteiger partial charge in [0.15, 0.2) is 0 Å². The van der Waals surface area contributed by atoms with E-state index in [1.54, 1.807) is 24.4 Å². The second-order valence-electron chi connectivity index (χ2n) is 7.55. The van der Waals surface area contributed by atoms with E-state index in [2.05, 4.69) is 4.98 Å². The van der Waals surface area contributed by atoms with Gasteiger partial charge in [-0.25, -0.2) is 0 Å². The number of thioether (sulfide) groups is 1. The van der Waals surface area contributed by atoms with Crippen molar-refractivity contribution >= 4 is 17.0 Å². The maximum Gasteiger partial charge on any atom is 0.284 e. The Morgan fingerprint density at radius 3 is 2.56 bits per heavy atom. The van der Waals surface area contributed by atoms with Crippen LogP contribution in [0, 0.1) is 0 Å². The van der Waals surface area contributed by atoms with Crippen molar-refractivity contribution in [3.63, 3.8) is 0 Å². The van der Waals surface area contributed by atoms with Crippen LogP contribution >= 0.6 is 11.8 Å². The Hall–Kier alpha value is -3.03. The van der Waals surface area contributed by atoms with E-state index in [0.29, 0.717) is 24.5 Å². The number of benzene rings is 2. The molecule has 0 spiro atoms. The smallest absolute Gasteiger partial charge is 0.284 e. The molecule has 2 aromatic carbocycles. The molecule has 2 atom stereocenters. The first-order valence-corrected chi connectivity index (χ1v) is 11.5. The zero-order chi connectivity index (χ0) is 22.3. The van der Waals surface area contributed by atoms with Crippen molar-refractivity contribution in [2.24, 2.45) is 0 Å². The molecule has 0 aliphatic carbocycles. The predicted molar refractivity (Wildman–Crippen MR) is 126 cm³/mol. The highest BCUT2D eigenvalue weighted by Crippen LogP contribution is 2.31. The van der Waals surface area contributed by atoms with Crippen molar-refractivity contribution in [3.8, 4) is 22.6 Å². The van der Waals surface area contributed by atoms with Gasteiger partial charge in [-0.3, -0.25) is 9.78 Å². The van der Waals surface area contributed by atoms with Gasteiger partial charge in [-0.05, 0) is 54.3 Å². The molecule has 166 valence electrons. The molecule has 0 bridgehead atoms. The number of para-hydroxylation sites is 1. The fourth-order valence-corrected chi connectivity index (χ4v) is 4.68. The lowest BCUT2D eigenvalue weighted by Crippen LogP contribution is -2.45. The summed E-state index contributed by atoms with van der Waals surface area (Å²) in [4.78, 5) is 18.0. The van der Waals surface area contributed by atoms with Gasteiger partial charge in [0.25, 0.3) is 5.24 Å². The Bertz CT molecular complexity index is 1030. The highest BCUT2D eigenvalue weighted by molar-refractivity contribution is 8.13. The second kappa shape index (κ2) is 10.5. The summed E-state index contributed by atoms with van der Waals surface area (Å²) in [5, 5.41) is 10.2. The van der Waals surface area contributed by atoms with Crippen molar-refractivity contribution in [1.82, 2.24) is 9.88 Å². The third-order valence-electron chi connectivity index (χ3n) is 5.51. The minimum atomic E-state index is -0.786. The zero-order valence-corrected chi connectivity index (χ0v) is 18.7. The van der Waals surface area contributed by atoms with E-state index < -0.39 is 6.23 Å². The number of hydrogen-bond donors (Lipinski definition) is 1. The first kappa shape index (κ1) is 22.2. The first-order valence-electron chi connectivity index (χ1n) is 10.5. The minimum Gasteiger partial charge on any atom is -0.496 e. The van der Waals surface area contributed by atoms with Crippen LogP contribution in [-0.4, -0.2) is 52.0 Å². The number of ether oxygens (including phenoxy) is 2. The maximum absolute atomic E-state index is 12.4. The van der Waals surface area contributed by atoms with Crippen molar-refractivity contribution < 1.29 is 19.4 Å². The van der Waals surface area contributed by atoms with Gasteiger partial charge in [0, 0.05) is 23.7 Å². The predicted octanol–water partition coefficient (Wildman–Crippen LogP) is 4.62. The molecule has 2 unspecified atom stereocenters. The molecule has 3 aromatic rings. The van der Waals surface area contributed by atoms with Gasteiger partial charge in [0.1, 0.15) is 24.3 Å². The molecule has 0 saturated carbocycles. The van der Waals surface area contributed by atoms with E-state index in [1.807, 2.05) is 60.7 Å². The SMILES string of the molecule is COc1ccccc1-c1ccc(OCC(CCc2ccncc2)N2C(=O)SCC2O)cc1. The van der Waals surface area contributed by atoms with Crippen LogP contribution in [0.4, 0.5) is 4.79 Å². The third-order valence-corrected chi connectivity index (χ3v) is 6.43. The van der Waals surface area contributed by atoms with Crippen LogP contribution in [0.5, 0.6) is 11.5 Å². The van der Waals surface area contributed by atoms with Crippen molar-refractivity contribution in [1.29, 1.82) is 0 Å². The summed E-state index contributed by atoms with van der Waals surface area (Å²) in [7, 11) is 1.66. The molecule has 1 aliphatic heterocycles. The zero-order valence-electron chi connectivity index (χ0n) is 17.9. The Morgan fingerprint density at radius 1 is 1.12 bits per heavy atom. The maximum atomic E-state index is 12.4. The van der Waals surface area contributed by atoms with Gasteiger partial charge in [-0.15, -0.1) is 0 Å².